The summed E-state index contributed by atoms with van der Waals surface area (Å²) in [5.74, 6) is 0.793. The molecular formula is C19H25N3O. The van der Waals surface area contributed by atoms with E-state index in [1.54, 1.807) is 0 Å². The van der Waals surface area contributed by atoms with Gasteiger partial charge in [-0.2, -0.15) is 5.10 Å². The highest BCUT2D eigenvalue weighted by molar-refractivity contribution is 5.77. The first-order valence-corrected chi connectivity index (χ1v) is 8.37. The molecule has 23 heavy (non-hydrogen) atoms. The van der Waals surface area contributed by atoms with Crippen LogP contribution in [0.5, 0.6) is 0 Å². The SMILES string of the molecule is Cc1n[nH]c(C)c1[C@H](C)CC(=O)N[C@H]1C[C@H](C)c2ccccc21. The van der Waals surface area contributed by atoms with Gasteiger partial charge >= 0.3 is 0 Å². The van der Waals surface area contributed by atoms with Gasteiger partial charge in [0.1, 0.15) is 0 Å². The summed E-state index contributed by atoms with van der Waals surface area (Å²) in [5.41, 5.74) is 5.86. The molecule has 3 atom stereocenters. The molecule has 1 aromatic heterocycles. The third-order valence-corrected chi connectivity index (χ3v) is 5.00. The third kappa shape index (κ3) is 3.03. The van der Waals surface area contributed by atoms with Crippen molar-refractivity contribution in [2.45, 2.75) is 58.4 Å². The van der Waals surface area contributed by atoms with Crippen LogP contribution >= 0.6 is 0 Å². The maximum atomic E-state index is 12.5. The first-order chi connectivity index (χ1) is 11.0. The topological polar surface area (TPSA) is 57.8 Å². The van der Waals surface area contributed by atoms with Crippen LogP contribution in [0.15, 0.2) is 24.3 Å². The maximum absolute atomic E-state index is 12.5. The highest BCUT2D eigenvalue weighted by atomic mass is 16.1. The monoisotopic (exact) mass is 311 g/mol. The van der Waals surface area contributed by atoms with Gasteiger partial charge in [-0.25, -0.2) is 0 Å². The van der Waals surface area contributed by atoms with Gasteiger partial charge in [-0.1, -0.05) is 38.1 Å². The largest absolute Gasteiger partial charge is 0.349 e. The molecule has 0 saturated carbocycles. The summed E-state index contributed by atoms with van der Waals surface area (Å²) >= 11 is 0. The van der Waals surface area contributed by atoms with Gasteiger partial charge in [0, 0.05) is 12.1 Å². The number of fused-ring (bicyclic) bond motifs is 1. The van der Waals surface area contributed by atoms with Crippen LogP contribution in [-0.4, -0.2) is 16.1 Å². The Morgan fingerprint density at radius 3 is 2.70 bits per heavy atom. The van der Waals surface area contributed by atoms with Crippen molar-refractivity contribution >= 4 is 5.91 Å². The second-order valence-electron chi connectivity index (χ2n) is 6.84. The number of aromatic amines is 1. The van der Waals surface area contributed by atoms with E-state index in [1.807, 2.05) is 13.8 Å². The molecule has 0 radical (unpaired) electrons. The van der Waals surface area contributed by atoms with Crippen LogP contribution in [0, 0.1) is 13.8 Å². The Kier molecular flexibility index (Phi) is 4.24. The fourth-order valence-electron chi connectivity index (χ4n) is 3.94. The molecule has 1 aliphatic carbocycles. The molecule has 2 N–H and O–H groups in total. The van der Waals surface area contributed by atoms with Crippen LogP contribution < -0.4 is 5.32 Å². The van der Waals surface area contributed by atoms with Crippen LogP contribution in [0.1, 0.15) is 72.6 Å². The Morgan fingerprint density at radius 1 is 1.35 bits per heavy atom. The normalized spacial score (nSPS) is 21.0. The molecule has 0 saturated heterocycles. The van der Waals surface area contributed by atoms with Gasteiger partial charge in [0.2, 0.25) is 5.91 Å². The molecule has 0 bridgehead atoms. The van der Waals surface area contributed by atoms with E-state index in [2.05, 4.69) is 53.6 Å². The van der Waals surface area contributed by atoms with Gasteiger partial charge in [-0.05, 0) is 48.8 Å². The van der Waals surface area contributed by atoms with E-state index in [-0.39, 0.29) is 17.9 Å². The maximum Gasteiger partial charge on any atom is 0.221 e. The average molecular weight is 311 g/mol. The molecule has 1 amide bonds. The Balaban J connectivity index is 1.67. The Hall–Kier alpha value is -2.10. The molecule has 4 heteroatoms. The van der Waals surface area contributed by atoms with Crippen LogP contribution in [0.4, 0.5) is 0 Å². The summed E-state index contributed by atoms with van der Waals surface area (Å²) in [6.07, 6.45) is 1.48. The van der Waals surface area contributed by atoms with Crippen molar-refractivity contribution in [3.8, 4) is 0 Å². The van der Waals surface area contributed by atoms with Crippen LogP contribution in [-0.2, 0) is 4.79 Å². The predicted octanol–water partition coefficient (Wildman–Crippen LogP) is 3.88. The van der Waals surface area contributed by atoms with E-state index < -0.39 is 0 Å². The first kappa shape index (κ1) is 15.8. The molecule has 4 nitrogen and oxygen atoms in total. The van der Waals surface area contributed by atoms with Crippen LogP contribution in [0.25, 0.3) is 0 Å². The zero-order valence-corrected chi connectivity index (χ0v) is 14.3. The number of aryl methyl sites for hydroxylation is 2. The van der Waals surface area contributed by atoms with Crippen molar-refractivity contribution in [1.82, 2.24) is 15.5 Å². The number of benzene rings is 1. The van der Waals surface area contributed by atoms with Crippen molar-refractivity contribution < 1.29 is 4.79 Å². The summed E-state index contributed by atoms with van der Waals surface area (Å²) in [5, 5.41) is 10.5. The van der Waals surface area contributed by atoms with Gasteiger partial charge in [0.15, 0.2) is 0 Å². The number of rotatable bonds is 4. The molecule has 122 valence electrons. The second kappa shape index (κ2) is 6.19. The number of nitrogens with zero attached hydrogens (tertiary/aromatic N) is 1. The molecular weight excluding hydrogens is 286 g/mol. The van der Waals surface area contributed by atoms with E-state index >= 15 is 0 Å². The molecule has 0 fully saturated rings. The van der Waals surface area contributed by atoms with E-state index in [1.165, 1.54) is 16.7 Å². The quantitative estimate of drug-likeness (QED) is 0.900. The molecule has 2 aromatic rings. The summed E-state index contributed by atoms with van der Waals surface area (Å²) in [6, 6.07) is 8.58. The summed E-state index contributed by atoms with van der Waals surface area (Å²) in [4.78, 5) is 12.5. The number of hydrogen-bond acceptors (Lipinski definition) is 2. The van der Waals surface area contributed by atoms with Crippen LogP contribution in [0.3, 0.4) is 0 Å². The number of H-pyrrole nitrogens is 1. The van der Waals surface area contributed by atoms with Crippen molar-refractivity contribution in [3.63, 3.8) is 0 Å². The summed E-state index contributed by atoms with van der Waals surface area (Å²) in [6.45, 7) is 8.32. The summed E-state index contributed by atoms with van der Waals surface area (Å²) in [7, 11) is 0. The van der Waals surface area contributed by atoms with E-state index in [4.69, 9.17) is 0 Å². The van der Waals surface area contributed by atoms with E-state index in [0.29, 0.717) is 12.3 Å². The molecule has 1 heterocycles. The van der Waals surface area contributed by atoms with E-state index in [0.717, 1.165) is 17.8 Å². The minimum absolute atomic E-state index is 0.117. The number of amides is 1. The highest BCUT2D eigenvalue weighted by Gasteiger charge is 2.29. The second-order valence-corrected chi connectivity index (χ2v) is 6.84. The molecule has 3 rings (SSSR count). The van der Waals surface area contributed by atoms with Gasteiger partial charge < -0.3 is 5.32 Å². The van der Waals surface area contributed by atoms with Gasteiger partial charge in [0.05, 0.1) is 11.7 Å². The number of hydrogen-bond donors (Lipinski definition) is 2. The van der Waals surface area contributed by atoms with Gasteiger partial charge in [-0.15, -0.1) is 0 Å². The molecule has 1 aromatic carbocycles. The Bertz CT molecular complexity index is 700. The van der Waals surface area contributed by atoms with E-state index in [9.17, 15) is 4.79 Å². The van der Waals surface area contributed by atoms with Crippen molar-refractivity contribution in [2.24, 2.45) is 0 Å². The molecule has 1 aliphatic rings. The fraction of sp³-hybridized carbons (Fsp3) is 0.474. The Morgan fingerprint density at radius 2 is 2.04 bits per heavy atom. The van der Waals surface area contributed by atoms with Crippen molar-refractivity contribution in [2.75, 3.05) is 0 Å². The van der Waals surface area contributed by atoms with Crippen molar-refractivity contribution in [3.05, 3.63) is 52.3 Å². The average Bonchev–Trinajstić information content (AvgIpc) is 3.00. The van der Waals surface area contributed by atoms with Crippen LogP contribution in [0.2, 0.25) is 0 Å². The van der Waals surface area contributed by atoms with Gasteiger partial charge in [0.25, 0.3) is 0 Å². The van der Waals surface area contributed by atoms with Crippen molar-refractivity contribution in [1.29, 1.82) is 0 Å². The zero-order chi connectivity index (χ0) is 16.6. The lowest BCUT2D eigenvalue weighted by atomic mass is 9.95. The minimum atomic E-state index is 0.117. The lowest BCUT2D eigenvalue weighted by Crippen LogP contribution is -2.28. The number of carbonyl (C=O) groups excluding carboxylic acids is 1. The lowest BCUT2D eigenvalue weighted by molar-refractivity contribution is -0.122. The lowest BCUT2D eigenvalue weighted by Gasteiger charge is -2.17. The molecule has 0 unspecified atom stereocenters. The molecule has 0 spiro atoms. The smallest absolute Gasteiger partial charge is 0.221 e. The number of aromatic nitrogens is 2. The zero-order valence-electron chi connectivity index (χ0n) is 14.3. The van der Waals surface area contributed by atoms with Gasteiger partial charge in [-0.3, -0.25) is 9.89 Å². The standard InChI is InChI=1S/C19H25N3O/c1-11-9-17(16-8-6-5-7-15(11)16)20-18(23)10-12(2)19-13(3)21-22-14(19)4/h5-8,11-12,17H,9-10H2,1-4H3,(H,20,23)(H,21,22)/t11-,12+,17-/m0/s1. The Labute approximate surface area is 137 Å². The molecule has 0 aliphatic heterocycles. The summed E-state index contributed by atoms with van der Waals surface area (Å²) < 4.78 is 0. The highest BCUT2D eigenvalue weighted by Crippen LogP contribution is 2.39. The minimum Gasteiger partial charge on any atom is -0.349 e. The first-order valence-electron chi connectivity index (χ1n) is 8.37. The number of carbonyl (C=O) groups is 1. The number of nitrogens with one attached hydrogen (secondary N) is 2. The predicted molar refractivity (Wildman–Crippen MR) is 91.5 cm³/mol. The third-order valence-electron chi connectivity index (χ3n) is 5.00. The fourth-order valence-corrected chi connectivity index (χ4v) is 3.94.